The summed E-state index contributed by atoms with van der Waals surface area (Å²) in [5, 5.41) is 2.72. The van der Waals surface area contributed by atoms with Crippen LogP contribution in [0, 0.1) is 0 Å². The number of nitrogens with zero attached hydrogens (tertiary/aromatic N) is 1. The third kappa shape index (κ3) is 3.05. The van der Waals surface area contributed by atoms with Crippen molar-refractivity contribution in [3.8, 4) is 0 Å². The average molecular weight is 269 g/mol. The second-order valence-electron chi connectivity index (χ2n) is 4.44. The van der Waals surface area contributed by atoms with E-state index in [1.807, 2.05) is 41.2 Å². The van der Waals surface area contributed by atoms with Gasteiger partial charge < -0.3 is 4.90 Å². The van der Waals surface area contributed by atoms with Crippen molar-refractivity contribution < 1.29 is 4.79 Å². The summed E-state index contributed by atoms with van der Waals surface area (Å²) in [7, 11) is 1.95. The molecule has 1 heterocycles. The second-order valence-corrected chi connectivity index (χ2v) is 6.96. The van der Waals surface area contributed by atoms with Gasteiger partial charge in [-0.3, -0.25) is 4.79 Å². The van der Waals surface area contributed by atoms with E-state index in [9.17, 15) is 4.79 Å². The molecule has 2 rings (SSSR count). The van der Waals surface area contributed by atoms with Crippen LogP contribution in [0.3, 0.4) is 0 Å². The van der Waals surface area contributed by atoms with Crippen LogP contribution in [0.2, 0.25) is 0 Å². The molecule has 2 nitrogen and oxygen atoms in total. The molecule has 0 unspecified atom stereocenters. The highest BCUT2D eigenvalue weighted by atomic mass is 32.2. The summed E-state index contributed by atoms with van der Waals surface area (Å²) in [5.41, 5.74) is 0. The number of amides is 1. The molecule has 0 aliphatic heterocycles. The van der Waals surface area contributed by atoms with Crippen LogP contribution in [-0.2, 0) is 0 Å². The van der Waals surface area contributed by atoms with Crippen molar-refractivity contribution in [2.45, 2.75) is 37.5 Å². The third-order valence-electron chi connectivity index (χ3n) is 3.36. The lowest BCUT2D eigenvalue weighted by molar-refractivity contribution is 0.0740. The topological polar surface area (TPSA) is 20.3 Å². The van der Waals surface area contributed by atoms with Crippen LogP contribution in [0.25, 0.3) is 0 Å². The molecule has 0 saturated heterocycles. The maximum Gasteiger partial charge on any atom is 0.263 e. The van der Waals surface area contributed by atoms with Crippen LogP contribution in [0.4, 0.5) is 0 Å². The molecule has 0 spiro atoms. The highest BCUT2D eigenvalue weighted by molar-refractivity contribution is 7.99. The Bertz CT molecular complexity index is 364. The van der Waals surface area contributed by atoms with E-state index in [2.05, 4.69) is 6.92 Å². The second kappa shape index (κ2) is 5.91. The molecule has 0 radical (unpaired) electrons. The molecular weight excluding hydrogens is 250 g/mol. The van der Waals surface area contributed by atoms with Crippen LogP contribution in [0.15, 0.2) is 17.5 Å². The van der Waals surface area contributed by atoms with Gasteiger partial charge in [-0.05, 0) is 36.5 Å². The predicted octanol–water partition coefficient (Wildman–Crippen LogP) is 3.49. The number of hydrogen-bond donors (Lipinski definition) is 0. The van der Waals surface area contributed by atoms with E-state index >= 15 is 0 Å². The average Bonchev–Trinajstić information content (AvgIpc) is 2.98. The number of rotatable bonds is 4. The minimum absolute atomic E-state index is 0.187. The summed E-state index contributed by atoms with van der Waals surface area (Å²) in [6, 6.07) is 4.29. The van der Waals surface area contributed by atoms with Crippen molar-refractivity contribution in [1.29, 1.82) is 0 Å². The monoisotopic (exact) mass is 269 g/mol. The summed E-state index contributed by atoms with van der Waals surface area (Å²) in [6.45, 7) is 2.21. The first-order valence-electron chi connectivity index (χ1n) is 6.14. The molecule has 1 saturated carbocycles. The summed E-state index contributed by atoms with van der Waals surface area (Å²) in [6.07, 6.45) is 3.57. The number of thiophene rings is 1. The first kappa shape index (κ1) is 13.0. The van der Waals surface area contributed by atoms with E-state index < -0.39 is 0 Å². The number of carbonyl (C=O) groups is 1. The maximum absolute atomic E-state index is 12.2. The molecule has 94 valence electrons. The quantitative estimate of drug-likeness (QED) is 0.834. The fourth-order valence-corrected chi connectivity index (χ4v) is 4.23. The molecular formula is C13H19NOS2. The van der Waals surface area contributed by atoms with E-state index in [1.165, 1.54) is 23.5 Å². The Morgan fingerprint density at radius 3 is 3.06 bits per heavy atom. The zero-order valence-electron chi connectivity index (χ0n) is 10.4. The molecule has 1 aliphatic rings. The Hall–Kier alpha value is -0.480. The minimum atomic E-state index is 0.187. The van der Waals surface area contributed by atoms with Crippen LogP contribution in [0.1, 0.15) is 35.9 Å². The molecule has 1 aliphatic carbocycles. The van der Waals surface area contributed by atoms with Gasteiger partial charge in [0.05, 0.1) is 4.88 Å². The SMILES string of the molecule is CCS[C@H]1CC[C@@H](N(C)C(=O)c2cccs2)C1. The highest BCUT2D eigenvalue weighted by Gasteiger charge is 2.30. The van der Waals surface area contributed by atoms with Gasteiger partial charge in [0.25, 0.3) is 5.91 Å². The first-order chi connectivity index (χ1) is 8.22. The van der Waals surface area contributed by atoms with E-state index in [0.29, 0.717) is 6.04 Å². The van der Waals surface area contributed by atoms with Crippen molar-refractivity contribution in [3.05, 3.63) is 22.4 Å². The standard InChI is InChI=1S/C13H19NOS2/c1-3-16-11-7-6-10(9-11)14(2)13(15)12-5-4-8-17-12/h4-5,8,10-11H,3,6-7,9H2,1-2H3/t10-,11+/m1/s1. The zero-order valence-corrected chi connectivity index (χ0v) is 12.0. The van der Waals surface area contributed by atoms with Gasteiger partial charge in [0, 0.05) is 18.3 Å². The van der Waals surface area contributed by atoms with Crippen LogP contribution >= 0.6 is 23.1 Å². The molecule has 1 aromatic heterocycles. The number of hydrogen-bond acceptors (Lipinski definition) is 3. The van der Waals surface area contributed by atoms with Crippen LogP contribution in [-0.4, -0.2) is 34.9 Å². The van der Waals surface area contributed by atoms with Gasteiger partial charge in [-0.2, -0.15) is 11.8 Å². The fourth-order valence-electron chi connectivity index (χ4n) is 2.40. The Labute approximate surface area is 111 Å². The molecule has 2 atom stereocenters. The largest absolute Gasteiger partial charge is 0.338 e. The third-order valence-corrected chi connectivity index (χ3v) is 5.45. The van der Waals surface area contributed by atoms with Gasteiger partial charge in [-0.1, -0.05) is 13.0 Å². The smallest absolute Gasteiger partial charge is 0.263 e. The summed E-state index contributed by atoms with van der Waals surface area (Å²) >= 11 is 3.57. The lowest BCUT2D eigenvalue weighted by Gasteiger charge is -2.24. The Kier molecular flexibility index (Phi) is 4.51. The van der Waals surface area contributed by atoms with Crippen molar-refractivity contribution in [2.75, 3.05) is 12.8 Å². The molecule has 1 amide bonds. The molecule has 0 aromatic carbocycles. The maximum atomic E-state index is 12.2. The van der Waals surface area contributed by atoms with Gasteiger partial charge in [0.15, 0.2) is 0 Å². The normalized spacial score (nSPS) is 23.9. The van der Waals surface area contributed by atoms with Crippen molar-refractivity contribution in [1.82, 2.24) is 4.90 Å². The molecule has 0 bridgehead atoms. The first-order valence-corrected chi connectivity index (χ1v) is 8.07. The van der Waals surface area contributed by atoms with Crippen molar-refractivity contribution in [2.24, 2.45) is 0 Å². The van der Waals surface area contributed by atoms with E-state index in [4.69, 9.17) is 0 Å². The highest BCUT2D eigenvalue weighted by Crippen LogP contribution is 2.32. The fraction of sp³-hybridized carbons (Fsp3) is 0.615. The summed E-state index contributed by atoms with van der Waals surface area (Å²) < 4.78 is 0. The van der Waals surface area contributed by atoms with E-state index in [0.717, 1.165) is 23.0 Å². The Balaban J connectivity index is 1.93. The van der Waals surface area contributed by atoms with Gasteiger partial charge in [-0.15, -0.1) is 11.3 Å². The lowest BCUT2D eigenvalue weighted by atomic mass is 10.2. The van der Waals surface area contributed by atoms with E-state index in [1.54, 1.807) is 0 Å². The van der Waals surface area contributed by atoms with Crippen LogP contribution < -0.4 is 0 Å². The minimum Gasteiger partial charge on any atom is -0.338 e. The molecule has 0 N–H and O–H groups in total. The van der Waals surface area contributed by atoms with E-state index in [-0.39, 0.29) is 5.91 Å². The Morgan fingerprint density at radius 1 is 1.59 bits per heavy atom. The molecule has 4 heteroatoms. The lowest BCUT2D eigenvalue weighted by Crippen LogP contribution is -2.35. The number of thioether (sulfide) groups is 1. The summed E-state index contributed by atoms with van der Waals surface area (Å²) in [4.78, 5) is 15.0. The Morgan fingerprint density at radius 2 is 2.41 bits per heavy atom. The van der Waals surface area contributed by atoms with Crippen LogP contribution in [0.5, 0.6) is 0 Å². The van der Waals surface area contributed by atoms with Gasteiger partial charge >= 0.3 is 0 Å². The number of carbonyl (C=O) groups excluding carboxylic acids is 1. The van der Waals surface area contributed by atoms with Crippen molar-refractivity contribution in [3.63, 3.8) is 0 Å². The van der Waals surface area contributed by atoms with Gasteiger partial charge in [0.1, 0.15) is 0 Å². The zero-order chi connectivity index (χ0) is 12.3. The van der Waals surface area contributed by atoms with Crippen molar-refractivity contribution >= 4 is 29.0 Å². The van der Waals surface area contributed by atoms with Gasteiger partial charge in [0.2, 0.25) is 0 Å². The molecule has 1 aromatic rings. The molecule has 17 heavy (non-hydrogen) atoms. The summed E-state index contributed by atoms with van der Waals surface area (Å²) in [5.74, 6) is 1.37. The molecule has 1 fully saturated rings. The van der Waals surface area contributed by atoms with Gasteiger partial charge in [-0.25, -0.2) is 0 Å². The predicted molar refractivity (Wildman–Crippen MR) is 76.0 cm³/mol.